The van der Waals surface area contributed by atoms with E-state index in [1.54, 1.807) is 6.92 Å². The van der Waals surface area contributed by atoms with Crippen LogP contribution in [0.5, 0.6) is 0 Å². The standard InChI is InChI=1S/C11H18N2O3S2/c1-4-5-6-8-7(2)9(10(12)14)11(17-8)13-18(3,15)16/h13H,4-6H2,1-3H3,(H2,12,14). The van der Waals surface area contributed by atoms with E-state index in [-0.39, 0.29) is 5.56 Å². The quantitative estimate of drug-likeness (QED) is 0.838. The number of nitrogens with two attached hydrogens (primary N) is 1. The second-order valence-corrected chi connectivity index (χ2v) is 7.05. The second-order valence-electron chi connectivity index (χ2n) is 4.20. The highest BCUT2D eigenvalue weighted by Crippen LogP contribution is 2.34. The predicted molar refractivity (Wildman–Crippen MR) is 74.7 cm³/mol. The van der Waals surface area contributed by atoms with Crippen molar-refractivity contribution in [2.24, 2.45) is 5.73 Å². The summed E-state index contributed by atoms with van der Waals surface area (Å²) in [6, 6.07) is 0. The molecule has 1 aromatic rings. The van der Waals surface area contributed by atoms with E-state index in [1.165, 1.54) is 11.3 Å². The van der Waals surface area contributed by atoms with Gasteiger partial charge in [-0.25, -0.2) is 8.42 Å². The molecule has 102 valence electrons. The summed E-state index contributed by atoms with van der Waals surface area (Å²) in [5.74, 6) is -0.599. The Labute approximate surface area is 111 Å². The maximum absolute atomic E-state index is 11.4. The maximum Gasteiger partial charge on any atom is 0.252 e. The van der Waals surface area contributed by atoms with Gasteiger partial charge in [-0.2, -0.15) is 0 Å². The van der Waals surface area contributed by atoms with Gasteiger partial charge in [-0.05, 0) is 25.3 Å². The Hall–Kier alpha value is -1.08. The van der Waals surface area contributed by atoms with Crippen LogP contribution in [-0.4, -0.2) is 20.6 Å². The molecule has 1 rings (SSSR count). The molecule has 1 amide bonds. The second kappa shape index (κ2) is 5.71. The van der Waals surface area contributed by atoms with Crippen LogP contribution in [-0.2, 0) is 16.4 Å². The Balaban J connectivity index is 3.19. The number of primary amides is 1. The lowest BCUT2D eigenvalue weighted by Crippen LogP contribution is -2.16. The molecule has 0 saturated carbocycles. The van der Waals surface area contributed by atoms with Crippen LogP contribution in [0.25, 0.3) is 0 Å². The molecule has 0 saturated heterocycles. The lowest BCUT2D eigenvalue weighted by Gasteiger charge is -2.02. The summed E-state index contributed by atoms with van der Waals surface area (Å²) in [6.45, 7) is 3.88. The number of sulfonamides is 1. The van der Waals surface area contributed by atoms with Crippen LogP contribution in [0.4, 0.5) is 5.00 Å². The van der Waals surface area contributed by atoms with E-state index in [9.17, 15) is 13.2 Å². The van der Waals surface area contributed by atoms with Gasteiger partial charge in [0.2, 0.25) is 10.0 Å². The van der Waals surface area contributed by atoms with Crippen molar-refractivity contribution in [3.63, 3.8) is 0 Å². The van der Waals surface area contributed by atoms with Gasteiger partial charge in [0.25, 0.3) is 5.91 Å². The van der Waals surface area contributed by atoms with E-state index in [0.29, 0.717) is 5.00 Å². The minimum absolute atomic E-state index is 0.288. The van der Waals surface area contributed by atoms with Crippen LogP contribution >= 0.6 is 11.3 Å². The number of unbranched alkanes of at least 4 members (excludes halogenated alkanes) is 1. The number of nitrogens with one attached hydrogen (secondary N) is 1. The van der Waals surface area contributed by atoms with Crippen molar-refractivity contribution in [3.05, 3.63) is 16.0 Å². The van der Waals surface area contributed by atoms with Gasteiger partial charge in [0.15, 0.2) is 0 Å². The van der Waals surface area contributed by atoms with Gasteiger partial charge in [-0.3, -0.25) is 9.52 Å². The summed E-state index contributed by atoms with van der Waals surface area (Å²) in [5.41, 5.74) is 6.38. The highest BCUT2D eigenvalue weighted by Gasteiger charge is 2.20. The average Bonchev–Trinajstić information content (AvgIpc) is 2.49. The molecule has 7 heteroatoms. The average molecular weight is 290 g/mol. The Morgan fingerprint density at radius 1 is 1.44 bits per heavy atom. The van der Waals surface area contributed by atoms with Gasteiger partial charge in [-0.1, -0.05) is 13.3 Å². The monoisotopic (exact) mass is 290 g/mol. The molecule has 0 radical (unpaired) electrons. The highest BCUT2D eigenvalue weighted by atomic mass is 32.2. The summed E-state index contributed by atoms with van der Waals surface area (Å²) in [4.78, 5) is 12.4. The summed E-state index contributed by atoms with van der Waals surface area (Å²) in [6.07, 6.45) is 3.92. The molecule has 0 aliphatic heterocycles. The molecule has 3 N–H and O–H groups in total. The Kier molecular flexibility index (Phi) is 4.75. The Morgan fingerprint density at radius 2 is 2.06 bits per heavy atom. The van der Waals surface area contributed by atoms with Crippen molar-refractivity contribution in [2.75, 3.05) is 11.0 Å². The molecule has 1 aromatic heterocycles. The minimum atomic E-state index is -3.40. The van der Waals surface area contributed by atoms with Crippen LogP contribution in [0.3, 0.4) is 0 Å². The first kappa shape index (κ1) is 15.0. The third-order valence-corrected chi connectivity index (χ3v) is 4.50. The van der Waals surface area contributed by atoms with E-state index in [0.717, 1.165) is 36.0 Å². The molecule has 0 aliphatic rings. The largest absolute Gasteiger partial charge is 0.365 e. The van der Waals surface area contributed by atoms with Crippen molar-refractivity contribution >= 4 is 32.3 Å². The molecular formula is C11H18N2O3S2. The third kappa shape index (κ3) is 3.71. The van der Waals surface area contributed by atoms with Crippen LogP contribution in [0.15, 0.2) is 0 Å². The van der Waals surface area contributed by atoms with E-state index in [2.05, 4.69) is 11.6 Å². The molecular weight excluding hydrogens is 272 g/mol. The first-order valence-electron chi connectivity index (χ1n) is 5.66. The lowest BCUT2D eigenvalue weighted by atomic mass is 10.1. The number of thiophene rings is 1. The van der Waals surface area contributed by atoms with Gasteiger partial charge in [0.1, 0.15) is 5.00 Å². The van der Waals surface area contributed by atoms with Crippen molar-refractivity contribution in [2.45, 2.75) is 33.1 Å². The summed E-state index contributed by atoms with van der Waals surface area (Å²) >= 11 is 1.29. The predicted octanol–water partition coefficient (Wildman–Crippen LogP) is 1.87. The molecule has 5 nitrogen and oxygen atoms in total. The van der Waals surface area contributed by atoms with Crippen LogP contribution in [0, 0.1) is 6.92 Å². The number of hydrogen-bond donors (Lipinski definition) is 2. The maximum atomic E-state index is 11.4. The van der Waals surface area contributed by atoms with Crippen LogP contribution in [0.2, 0.25) is 0 Å². The van der Waals surface area contributed by atoms with Gasteiger partial charge in [0.05, 0.1) is 11.8 Å². The summed E-state index contributed by atoms with van der Waals surface area (Å²) in [5, 5.41) is 0.327. The van der Waals surface area contributed by atoms with Crippen molar-refractivity contribution in [1.29, 1.82) is 0 Å². The molecule has 0 atom stereocenters. The number of anilines is 1. The third-order valence-electron chi connectivity index (χ3n) is 2.53. The number of aryl methyl sites for hydroxylation is 1. The van der Waals surface area contributed by atoms with E-state index in [4.69, 9.17) is 5.73 Å². The first-order valence-corrected chi connectivity index (χ1v) is 8.37. The van der Waals surface area contributed by atoms with E-state index in [1.807, 2.05) is 0 Å². The molecule has 0 aromatic carbocycles. The molecule has 18 heavy (non-hydrogen) atoms. The number of carbonyl (C=O) groups is 1. The number of amides is 1. The van der Waals surface area contributed by atoms with E-state index < -0.39 is 15.9 Å². The number of hydrogen-bond acceptors (Lipinski definition) is 4. The summed E-state index contributed by atoms with van der Waals surface area (Å²) < 4.78 is 24.9. The number of rotatable bonds is 6. The molecule has 0 bridgehead atoms. The summed E-state index contributed by atoms with van der Waals surface area (Å²) in [7, 11) is -3.40. The van der Waals surface area contributed by atoms with E-state index >= 15 is 0 Å². The normalized spacial score (nSPS) is 11.5. The molecule has 0 unspecified atom stereocenters. The van der Waals surface area contributed by atoms with Crippen LogP contribution in [0.1, 0.15) is 40.6 Å². The SMILES string of the molecule is CCCCc1sc(NS(C)(=O)=O)c(C(N)=O)c1C. The van der Waals surface area contributed by atoms with Crippen LogP contribution < -0.4 is 10.5 Å². The van der Waals surface area contributed by atoms with Crippen molar-refractivity contribution in [3.8, 4) is 0 Å². The van der Waals surface area contributed by atoms with Gasteiger partial charge >= 0.3 is 0 Å². The zero-order valence-electron chi connectivity index (χ0n) is 10.7. The minimum Gasteiger partial charge on any atom is -0.365 e. The first-order chi connectivity index (χ1) is 8.26. The van der Waals surface area contributed by atoms with Crippen molar-refractivity contribution < 1.29 is 13.2 Å². The highest BCUT2D eigenvalue weighted by molar-refractivity contribution is 7.92. The molecule has 1 heterocycles. The topological polar surface area (TPSA) is 89.3 Å². The fourth-order valence-corrected chi connectivity index (χ4v) is 3.84. The number of carbonyl (C=O) groups excluding carboxylic acids is 1. The van der Waals surface area contributed by atoms with Crippen molar-refractivity contribution in [1.82, 2.24) is 0 Å². The smallest absolute Gasteiger partial charge is 0.252 e. The molecule has 0 fully saturated rings. The molecule has 0 aliphatic carbocycles. The zero-order valence-corrected chi connectivity index (χ0v) is 12.4. The zero-order chi connectivity index (χ0) is 13.9. The fourth-order valence-electron chi connectivity index (χ4n) is 1.67. The van der Waals surface area contributed by atoms with Gasteiger partial charge < -0.3 is 5.73 Å². The van der Waals surface area contributed by atoms with Gasteiger partial charge in [-0.15, -0.1) is 11.3 Å². The molecule has 0 spiro atoms. The lowest BCUT2D eigenvalue weighted by molar-refractivity contribution is 0.100. The Morgan fingerprint density at radius 3 is 2.50 bits per heavy atom. The Bertz CT molecular complexity index is 547. The fraction of sp³-hybridized carbons (Fsp3) is 0.545. The van der Waals surface area contributed by atoms with Gasteiger partial charge in [0, 0.05) is 4.88 Å².